The monoisotopic (exact) mass is 251 g/mol. The lowest BCUT2D eigenvalue weighted by Gasteiger charge is -2.34. The third-order valence-corrected chi connectivity index (χ3v) is 3.24. The average molecular weight is 251 g/mol. The van der Waals surface area contributed by atoms with Crippen LogP contribution >= 0.6 is 0 Å². The van der Waals surface area contributed by atoms with Gasteiger partial charge in [0.15, 0.2) is 0 Å². The highest BCUT2D eigenvalue weighted by Gasteiger charge is 2.26. The molecule has 0 aliphatic rings. The molecule has 0 fully saturated rings. The standard InChI is InChI=1S/C15H25NO2/c1-13(2)16(10-7-11-17)12-15(3,18)14-8-5-4-6-9-14/h4-6,8-9,13,17-18H,7,10-12H2,1-3H3. The van der Waals surface area contributed by atoms with Crippen LogP contribution in [0.4, 0.5) is 0 Å². The largest absolute Gasteiger partial charge is 0.396 e. The lowest BCUT2D eigenvalue weighted by molar-refractivity contribution is 0.00464. The minimum atomic E-state index is -0.860. The van der Waals surface area contributed by atoms with Gasteiger partial charge in [0.05, 0.1) is 5.60 Å². The number of aliphatic hydroxyl groups excluding tert-OH is 1. The number of benzene rings is 1. The van der Waals surface area contributed by atoms with Gasteiger partial charge in [-0.05, 0) is 32.8 Å². The van der Waals surface area contributed by atoms with Crippen LogP contribution < -0.4 is 0 Å². The van der Waals surface area contributed by atoms with Gasteiger partial charge in [-0.3, -0.25) is 4.90 Å². The van der Waals surface area contributed by atoms with Gasteiger partial charge in [0.25, 0.3) is 0 Å². The van der Waals surface area contributed by atoms with Crippen LogP contribution in [0.1, 0.15) is 32.8 Å². The molecule has 18 heavy (non-hydrogen) atoms. The van der Waals surface area contributed by atoms with E-state index in [9.17, 15) is 5.11 Å². The lowest BCUT2D eigenvalue weighted by Crippen LogP contribution is -2.43. The minimum Gasteiger partial charge on any atom is -0.396 e. The molecule has 3 heteroatoms. The van der Waals surface area contributed by atoms with Crippen LogP contribution in [-0.2, 0) is 5.60 Å². The fourth-order valence-corrected chi connectivity index (χ4v) is 2.08. The van der Waals surface area contributed by atoms with Crippen molar-refractivity contribution in [1.82, 2.24) is 4.90 Å². The molecule has 0 amide bonds. The van der Waals surface area contributed by atoms with Gasteiger partial charge >= 0.3 is 0 Å². The number of nitrogens with zero attached hydrogens (tertiary/aromatic N) is 1. The summed E-state index contributed by atoms with van der Waals surface area (Å²) in [5.74, 6) is 0. The molecule has 0 aliphatic heterocycles. The Bertz CT molecular complexity index is 336. The van der Waals surface area contributed by atoms with Crippen molar-refractivity contribution in [1.29, 1.82) is 0 Å². The highest BCUT2D eigenvalue weighted by atomic mass is 16.3. The molecule has 1 unspecified atom stereocenters. The van der Waals surface area contributed by atoms with Crippen molar-refractivity contribution in [3.05, 3.63) is 35.9 Å². The molecule has 0 aliphatic carbocycles. The smallest absolute Gasteiger partial charge is 0.0994 e. The molecule has 1 aromatic carbocycles. The first-order valence-electron chi connectivity index (χ1n) is 6.60. The molecule has 3 nitrogen and oxygen atoms in total. The fraction of sp³-hybridized carbons (Fsp3) is 0.600. The van der Waals surface area contributed by atoms with Gasteiger partial charge in [0.2, 0.25) is 0 Å². The zero-order chi connectivity index (χ0) is 13.6. The summed E-state index contributed by atoms with van der Waals surface area (Å²) >= 11 is 0. The van der Waals surface area contributed by atoms with E-state index < -0.39 is 5.60 Å². The summed E-state index contributed by atoms with van der Waals surface area (Å²) in [4.78, 5) is 2.20. The second kappa shape index (κ2) is 6.88. The number of hydrogen-bond donors (Lipinski definition) is 2. The third-order valence-electron chi connectivity index (χ3n) is 3.24. The van der Waals surface area contributed by atoms with Crippen LogP contribution in [0, 0.1) is 0 Å². The second-order valence-electron chi connectivity index (χ2n) is 5.28. The Balaban J connectivity index is 2.72. The highest BCUT2D eigenvalue weighted by Crippen LogP contribution is 2.22. The Labute approximate surface area is 110 Å². The third kappa shape index (κ3) is 4.41. The van der Waals surface area contributed by atoms with E-state index in [0.717, 1.165) is 18.5 Å². The summed E-state index contributed by atoms with van der Waals surface area (Å²) < 4.78 is 0. The van der Waals surface area contributed by atoms with E-state index in [1.54, 1.807) is 0 Å². The molecule has 0 saturated heterocycles. The summed E-state index contributed by atoms with van der Waals surface area (Å²) in [6, 6.07) is 10.1. The lowest BCUT2D eigenvalue weighted by atomic mass is 9.95. The van der Waals surface area contributed by atoms with Crippen molar-refractivity contribution in [2.75, 3.05) is 19.7 Å². The van der Waals surface area contributed by atoms with E-state index >= 15 is 0 Å². The second-order valence-corrected chi connectivity index (χ2v) is 5.28. The number of hydrogen-bond acceptors (Lipinski definition) is 3. The Morgan fingerprint density at radius 2 is 1.83 bits per heavy atom. The molecule has 2 N–H and O–H groups in total. The molecule has 0 heterocycles. The molecule has 0 bridgehead atoms. The summed E-state index contributed by atoms with van der Waals surface area (Å²) in [5.41, 5.74) is 0.0701. The number of aliphatic hydroxyl groups is 2. The summed E-state index contributed by atoms with van der Waals surface area (Å²) in [7, 11) is 0. The Kier molecular flexibility index (Phi) is 5.79. The van der Waals surface area contributed by atoms with Crippen LogP contribution in [-0.4, -0.2) is 40.9 Å². The van der Waals surface area contributed by atoms with Crippen LogP contribution in [0.2, 0.25) is 0 Å². The molecule has 1 atom stereocenters. The average Bonchev–Trinajstić information content (AvgIpc) is 2.35. The minimum absolute atomic E-state index is 0.191. The zero-order valence-electron chi connectivity index (χ0n) is 11.6. The Hall–Kier alpha value is -0.900. The maximum absolute atomic E-state index is 10.6. The molecule has 0 spiro atoms. The van der Waals surface area contributed by atoms with Crippen LogP contribution in [0.5, 0.6) is 0 Å². The zero-order valence-corrected chi connectivity index (χ0v) is 11.6. The quantitative estimate of drug-likeness (QED) is 0.779. The van der Waals surface area contributed by atoms with Crippen LogP contribution in [0.3, 0.4) is 0 Å². The molecule has 0 aromatic heterocycles. The van der Waals surface area contributed by atoms with Crippen LogP contribution in [0.25, 0.3) is 0 Å². The summed E-state index contributed by atoms with van der Waals surface area (Å²) in [5, 5.41) is 19.5. The maximum atomic E-state index is 10.6. The predicted molar refractivity (Wildman–Crippen MR) is 74.4 cm³/mol. The highest BCUT2D eigenvalue weighted by molar-refractivity contribution is 5.21. The Morgan fingerprint density at radius 1 is 1.22 bits per heavy atom. The van der Waals surface area contributed by atoms with E-state index in [1.807, 2.05) is 37.3 Å². The van der Waals surface area contributed by atoms with Gasteiger partial charge in [0, 0.05) is 25.7 Å². The molecule has 102 valence electrons. The van der Waals surface area contributed by atoms with Gasteiger partial charge in [-0.15, -0.1) is 0 Å². The first-order chi connectivity index (χ1) is 8.47. The maximum Gasteiger partial charge on any atom is 0.0994 e. The van der Waals surface area contributed by atoms with Crippen molar-refractivity contribution >= 4 is 0 Å². The van der Waals surface area contributed by atoms with Crippen molar-refractivity contribution in [3.8, 4) is 0 Å². The van der Waals surface area contributed by atoms with E-state index in [-0.39, 0.29) is 6.61 Å². The topological polar surface area (TPSA) is 43.7 Å². The fourth-order valence-electron chi connectivity index (χ4n) is 2.08. The molecule has 0 radical (unpaired) electrons. The molecule has 0 saturated carbocycles. The van der Waals surface area contributed by atoms with E-state index in [0.29, 0.717) is 12.6 Å². The normalized spacial score (nSPS) is 15.1. The molecular formula is C15H25NO2. The van der Waals surface area contributed by atoms with Crippen molar-refractivity contribution < 1.29 is 10.2 Å². The van der Waals surface area contributed by atoms with Gasteiger partial charge in [0.1, 0.15) is 0 Å². The predicted octanol–water partition coefficient (Wildman–Crippen LogP) is 1.99. The van der Waals surface area contributed by atoms with Crippen molar-refractivity contribution in [2.45, 2.75) is 38.8 Å². The van der Waals surface area contributed by atoms with Gasteiger partial charge < -0.3 is 10.2 Å². The number of rotatable bonds is 7. The summed E-state index contributed by atoms with van der Waals surface area (Å²) in [6.07, 6.45) is 0.739. The first-order valence-corrected chi connectivity index (χ1v) is 6.60. The SMILES string of the molecule is CC(C)N(CCCO)CC(C)(O)c1ccccc1. The van der Waals surface area contributed by atoms with E-state index in [1.165, 1.54) is 0 Å². The first kappa shape index (κ1) is 15.2. The Morgan fingerprint density at radius 3 is 2.33 bits per heavy atom. The van der Waals surface area contributed by atoms with Gasteiger partial charge in [-0.1, -0.05) is 30.3 Å². The van der Waals surface area contributed by atoms with Gasteiger partial charge in [-0.2, -0.15) is 0 Å². The molecule has 1 aromatic rings. The van der Waals surface area contributed by atoms with Crippen LogP contribution in [0.15, 0.2) is 30.3 Å². The van der Waals surface area contributed by atoms with Crippen molar-refractivity contribution in [3.63, 3.8) is 0 Å². The van der Waals surface area contributed by atoms with Crippen molar-refractivity contribution in [2.24, 2.45) is 0 Å². The molecular weight excluding hydrogens is 226 g/mol. The van der Waals surface area contributed by atoms with Gasteiger partial charge in [-0.25, -0.2) is 0 Å². The van der Waals surface area contributed by atoms with E-state index in [2.05, 4.69) is 18.7 Å². The molecule has 1 rings (SSSR count). The summed E-state index contributed by atoms with van der Waals surface area (Å²) in [6.45, 7) is 7.64. The van der Waals surface area contributed by atoms with E-state index in [4.69, 9.17) is 5.11 Å².